The molecule has 0 radical (unpaired) electrons. The first-order valence-corrected chi connectivity index (χ1v) is 6.10. The SMILES string of the molecule is CC(=O)NC(Cc1c[nH]c2ccc(Cl)cc12)C(=O)O. The van der Waals surface area contributed by atoms with Gasteiger partial charge in [0, 0.05) is 35.5 Å². The number of aromatic amines is 1. The number of H-pyrrole nitrogens is 1. The minimum Gasteiger partial charge on any atom is -0.480 e. The third-order valence-corrected chi connectivity index (χ3v) is 3.06. The Bertz CT molecular complexity index is 636. The van der Waals surface area contributed by atoms with Gasteiger partial charge in [-0.3, -0.25) is 4.79 Å². The highest BCUT2D eigenvalue weighted by atomic mass is 35.5. The molecule has 1 unspecified atom stereocenters. The highest BCUT2D eigenvalue weighted by Crippen LogP contribution is 2.23. The Morgan fingerprint density at radius 1 is 1.47 bits per heavy atom. The number of halogens is 1. The zero-order valence-corrected chi connectivity index (χ0v) is 11.0. The molecule has 1 heterocycles. The molecule has 1 amide bonds. The van der Waals surface area contributed by atoms with Crippen molar-refractivity contribution in [2.75, 3.05) is 0 Å². The molecule has 19 heavy (non-hydrogen) atoms. The van der Waals surface area contributed by atoms with Crippen LogP contribution in [0.15, 0.2) is 24.4 Å². The van der Waals surface area contributed by atoms with Gasteiger partial charge in [-0.05, 0) is 23.8 Å². The summed E-state index contributed by atoms with van der Waals surface area (Å²) in [5, 5.41) is 13.0. The van der Waals surface area contributed by atoms with E-state index >= 15 is 0 Å². The van der Waals surface area contributed by atoms with Crippen LogP contribution in [-0.4, -0.2) is 28.0 Å². The number of benzene rings is 1. The van der Waals surface area contributed by atoms with Gasteiger partial charge in [0.25, 0.3) is 0 Å². The normalized spacial score (nSPS) is 12.3. The quantitative estimate of drug-likeness (QED) is 0.800. The molecule has 1 aromatic heterocycles. The molecule has 100 valence electrons. The van der Waals surface area contributed by atoms with E-state index in [1.807, 2.05) is 6.07 Å². The molecular formula is C13H13ClN2O3. The average molecular weight is 281 g/mol. The second-order valence-electron chi connectivity index (χ2n) is 4.30. The number of carbonyl (C=O) groups excluding carboxylic acids is 1. The molecule has 0 aliphatic heterocycles. The second-order valence-corrected chi connectivity index (χ2v) is 4.74. The van der Waals surface area contributed by atoms with E-state index in [-0.39, 0.29) is 12.3 Å². The maximum Gasteiger partial charge on any atom is 0.326 e. The van der Waals surface area contributed by atoms with Crippen LogP contribution in [0.1, 0.15) is 12.5 Å². The molecule has 0 saturated carbocycles. The predicted octanol–water partition coefficient (Wildman–Crippen LogP) is 1.95. The van der Waals surface area contributed by atoms with Gasteiger partial charge in [-0.1, -0.05) is 11.6 Å². The molecule has 6 heteroatoms. The first-order valence-electron chi connectivity index (χ1n) is 5.73. The van der Waals surface area contributed by atoms with Gasteiger partial charge in [-0.15, -0.1) is 0 Å². The Morgan fingerprint density at radius 2 is 2.21 bits per heavy atom. The van der Waals surface area contributed by atoms with Crippen LogP contribution < -0.4 is 5.32 Å². The molecule has 0 aliphatic carbocycles. The first kappa shape index (κ1) is 13.4. The number of rotatable bonds is 4. The lowest BCUT2D eigenvalue weighted by Gasteiger charge is -2.12. The molecular weight excluding hydrogens is 268 g/mol. The van der Waals surface area contributed by atoms with Crippen LogP contribution >= 0.6 is 11.6 Å². The number of hydrogen-bond acceptors (Lipinski definition) is 2. The van der Waals surface area contributed by atoms with Crippen molar-refractivity contribution >= 4 is 34.4 Å². The second kappa shape index (κ2) is 5.32. The minimum atomic E-state index is -1.06. The van der Waals surface area contributed by atoms with E-state index in [1.165, 1.54) is 6.92 Å². The van der Waals surface area contributed by atoms with Gasteiger partial charge in [-0.2, -0.15) is 0 Å². The number of carboxylic acid groups (broad SMARTS) is 1. The van der Waals surface area contributed by atoms with Crippen LogP contribution in [0.2, 0.25) is 5.02 Å². The number of fused-ring (bicyclic) bond motifs is 1. The largest absolute Gasteiger partial charge is 0.480 e. The summed E-state index contributed by atoms with van der Waals surface area (Å²) in [7, 11) is 0. The van der Waals surface area contributed by atoms with E-state index in [0.717, 1.165) is 16.5 Å². The minimum absolute atomic E-state index is 0.204. The number of hydrogen-bond donors (Lipinski definition) is 3. The molecule has 0 spiro atoms. The number of carbonyl (C=O) groups is 2. The standard InChI is InChI=1S/C13H13ClN2O3/c1-7(17)16-12(13(18)19)4-8-6-15-11-3-2-9(14)5-10(8)11/h2-3,5-6,12,15H,4H2,1H3,(H,16,17)(H,18,19). The van der Waals surface area contributed by atoms with Crippen molar-refractivity contribution in [2.45, 2.75) is 19.4 Å². The van der Waals surface area contributed by atoms with Crippen molar-refractivity contribution in [3.63, 3.8) is 0 Å². The number of nitrogens with one attached hydrogen (secondary N) is 2. The highest BCUT2D eigenvalue weighted by molar-refractivity contribution is 6.31. The molecule has 1 aromatic carbocycles. The Balaban J connectivity index is 2.31. The van der Waals surface area contributed by atoms with Crippen LogP contribution in [0.5, 0.6) is 0 Å². The third kappa shape index (κ3) is 3.06. The van der Waals surface area contributed by atoms with Gasteiger partial charge in [0.05, 0.1) is 0 Å². The van der Waals surface area contributed by atoms with E-state index in [1.54, 1.807) is 18.3 Å². The predicted molar refractivity (Wildman–Crippen MR) is 72.3 cm³/mol. The van der Waals surface area contributed by atoms with Gasteiger partial charge >= 0.3 is 5.97 Å². The van der Waals surface area contributed by atoms with Crippen molar-refractivity contribution in [1.82, 2.24) is 10.3 Å². The molecule has 0 saturated heterocycles. The monoisotopic (exact) mass is 280 g/mol. The summed E-state index contributed by atoms with van der Waals surface area (Å²) in [5.74, 6) is -1.43. The number of carboxylic acids is 1. The van der Waals surface area contributed by atoms with E-state index in [9.17, 15) is 9.59 Å². The summed E-state index contributed by atoms with van der Waals surface area (Å²) >= 11 is 5.93. The van der Waals surface area contributed by atoms with Crippen molar-refractivity contribution in [3.05, 3.63) is 35.0 Å². The molecule has 2 aromatic rings. The molecule has 0 aliphatic rings. The Morgan fingerprint density at radius 3 is 2.84 bits per heavy atom. The molecule has 0 bridgehead atoms. The average Bonchev–Trinajstić information content (AvgIpc) is 2.70. The smallest absolute Gasteiger partial charge is 0.326 e. The van der Waals surface area contributed by atoms with E-state index < -0.39 is 12.0 Å². The number of aromatic nitrogens is 1. The summed E-state index contributed by atoms with van der Waals surface area (Å²) in [4.78, 5) is 25.2. The summed E-state index contributed by atoms with van der Waals surface area (Å²) in [5.41, 5.74) is 1.69. The first-order chi connectivity index (χ1) is 8.97. The topological polar surface area (TPSA) is 82.2 Å². The van der Waals surface area contributed by atoms with Crippen LogP contribution in [0.4, 0.5) is 0 Å². The zero-order valence-electron chi connectivity index (χ0n) is 10.2. The van der Waals surface area contributed by atoms with Crippen molar-refractivity contribution in [1.29, 1.82) is 0 Å². The lowest BCUT2D eigenvalue weighted by molar-refractivity contribution is -0.141. The van der Waals surface area contributed by atoms with Gasteiger partial charge in [0.2, 0.25) is 5.91 Å². The van der Waals surface area contributed by atoms with Crippen LogP contribution in [0.25, 0.3) is 10.9 Å². The van der Waals surface area contributed by atoms with Gasteiger partial charge < -0.3 is 15.4 Å². The fourth-order valence-electron chi connectivity index (χ4n) is 1.98. The Hall–Kier alpha value is -2.01. The molecule has 5 nitrogen and oxygen atoms in total. The highest BCUT2D eigenvalue weighted by Gasteiger charge is 2.20. The van der Waals surface area contributed by atoms with E-state index in [4.69, 9.17) is 16.7 Å². The van der Waals surface area contributed by atoms with Crippen molar-refractivity contribution in [3.8, 4) is 0 Å². The molecule has 0 fully saturated rings. The maximum atomic E-state index is 11.1. The third-order valence-electron chi connectivity index (χ3n) is 2.83. The molecule has 1 atom stereocenters. The number of amides is 1. The van der Waals surface area contributed by atoms with Crippen LogP contribution in [-0.2, 0) is 16.0 Å². The summed E-state index contributed by atoms with van der Waals surface area (Å²) in [6, 6.07) is 4.41. The van der Waals surface area contributed by atoms with E-state index in [0.29, 0.717) is 5.02 Å². The van der Waals surface area contributed by atoms with E-state index in [2.05, 4.69) is 10.3 Å². The molecule has 3 N–H and O–H groups in total. The van der Waals surface area contributed by atoms with Crippen molar-refractivity contribution in [2.24, 2.45) is 0 Å². The van der Waals surface area contributed by atoms with Crippen molar-refractivity contribution < 1.29 is 14.7 Å². The lowest BCUT2D eigenvalue weighted by Crippen LogP contribution is -2.41. The van der Waals surface area contributed by atoms with Gasteiger partial charge in [-0.25, -0.2) is 4.79 Å². The maximum absolute atomic E-state index is 11.1. The zero-order chi connectivity index (χ0) is 14.0. The fourth-order valence-corrected chi connectivity index (χ4v) is 2.16. The van der Waals surface area contributed by atoms with Crippen LogP contribution in [0, 0.1) is 0 Å². The van der Waals surface area contributed by atoms with Crippen LogP contribution in [0.3, 0.4) is 0 Å². The number of aliphatic carboxylic acids is 1. The Kier molecular flexibility index (Phi) is 3.76. The summed E-state index contributed by atoms with van der Waals surface area (Å²) in [6.07, 6.45) is 1.94. The summed E-state index contributed by atoms with van der Waals surface area (Å²) in [6.45, 7) is 1.29. The molecule has 2 rings (SSSR count). The lowest BCUT2D eigenvalue weighted by atomic mass is 10.1. The Labute approximate surface area is 114 Å². The van der Waals surface area contributed by atoms with Gasteiger partial charge in [0.15, 0.2) is 0 Å². The fraction of sp³-hybridized carbons (Fsp3) is 0.231. The summed E-state index contributed by atoms with van der Waals surface area (Å²) < 4.78 is 0. The van der Waals surface area contributed by atoms with Gasteiger partial charge in [0.1, 0.15) is 6.04 Å².